The highest BCUT2D eigenvalue weighted by Gasteiger charge is 2.58. The van der Waals surface area contributed by atoms with Gasteiger partial charge in [-0.15, -0.1) is 0 Å². The molecule has 0 aliphatic heterocycles. The molecule has 46 heavy (non-hydrogen) atoms. The number of allylic oxidation sites excluding steroid dienone is 1. The molecule has 0 aromatic rings. The van der Waals surface area contributed by atoms with E-state index in [2.05, 4.69) is 41.5 Å². The van der Waals surface area contributed by atoms with Gasteiger partial charge in [0.25, 0.3) is 0 Å². The Morgan fingerprint density at radius 1 is 0.804 bits per heavy atom. The fourth-order valence-corrected chi connectivity index (χ4v) is 10.9. The van der Waals surface area contributed by atoms with E-state index in [0.29, 0.717) is 35.9 Å². The van der Waals surface area contributed by atoms with Crippen LogP contribution in [0.25, 0.3) is 0 Å². The van der Waals surface area contributed by atoms with E-state index in [-0.39, 0.29) is 22.9 Å². The number of Topliss-reactive ketones (excluding diaryl/α,β-unsaturated/α-hetero) is 1. The van der Waals surface area contributed by atoms with Crippen LogP contribution in [0, 0.1) is 40.4 Å². The molecule has 264 valence electrons. The van der Waals surface area contributed by atoms with Gasteiger partial charge in [-0.05, 0) is 90.9 Å². The summed E-state index contributed by atoms with van der Waals surface area (Å²) >= 11 is 0. The van der Waals surface area contributed by atoms with Crippen LogP contribution in [0.5, 0.6) is 0 Å². The van der Waals surface area contributed by atoms with Gasteiger partial charge < -0.3 is 4.74 Å². The van der Waals surface area contributed by atoms with E-state index in [0.717, 1.165) is 57.3 Å². The highest BCUT2D eigenvalue weighted by atomic mass is 16.5. The van der Waals surface area contributed by atoms with Gasteiger partial charge in [0.2, 0.25) is 0 Å². The Morgan fingerprint density at radius 2 is 1.43 bits per heavy atom. The molecule has 3 saturated carbocycles. The van der Waals surface area contributed by atoms with Crippen LogP contribution in [0.15, 0.2) is 11.1 Å². The molecule has 3 fully saturated rings. The second-order valence-corrected chi connectivity index (χ2v) is 17.5. The summed E-state index contributed by atoms with van der Waals surface area (Å²) in [7, 11) is 0. The molecule has 0 bridgehead atoms. The van der Waals surface area contributed by atoms with E-state index in [1.165, 1.54) is 103 Å². The van der Waals surface area contributed by atoms with Gasteiger partial charge in [0.15, 0.2) is 0 Å². The van der Waals surface area contributed by atoms with Crippen molar-refractivity contribution < 1.29 is 14.3 Å². The lowest BCUT2D eigenvalue weighted by Crippen LogP contribution is -2.48. The van der Waals surface area contributed by atoms with Crippen molar-refractivity contribution >= 4 is 11.8 Å². The third-order valence-electron chi connectivity index (χ3n) is 13.7. The van der Waals surface area contributed by atoms with Gasteiger partial charge in [-0.1, -0.05) is 143 Å². The Balaban J connectivity index is 1.32. The molecule has 0 aromatic heterocycles. The molecule has 4 aliphatic rings. The van der Waals surface area contributed by atoms with Crippen molar-refractivity contribution in [2.24, 2.45) is 40.4 Å². The zero-order chi connectivity index (χ0) is 33.2. The highest BCUT2D eigenvalue weighted by Crippen LogP contribution is 2.66. The molecule has 0 N–H and O–H groups in total. The molecular weight excluding hydrogens is 564 g/mol. The van der Waals surface area contributed by atoms with Gasteiger partial charge >= 0.3 is 5.97 Å². The van der Waals surface area contributed by atoms with Crippen LogP contribution in [0.3, 0.4) is 0 Å². The van der Waals surface area contributed by atoms with Crippen LogP contribution in [0.4, 0.5) is 0 Å². The number of rotatable bonds is 20. The van der Waals surface area contributed by atoms with Crippen LogP contribution in [0.1, 0.15) is 202 Å². The van der Waals surface area contributed by atoms with E-state index in [4.69, 9.17) is 4.74 Å². The first kappa shape index (κ1) is 37.7. The minimum atomic E-state index is -0.0276. The number of carbonyl (C=O) groups excluding carboxylic acids is 2. The maximum absolute atomic E-state index is 13.4. The average molecular weight is 639 g/mol. The zero-order valence-corrected chi connectivity index (χ0v) is 31.4. The Labute approximate surface area is 285 Å². The van der Waals surface area contributed by atoms with Crippen LogP contribution in [-0.2, 0) is 14.3 Å². The molecular formula is C43H74O3. The second kappa shape index (κ2) is 18.0. The van der Waals surface area contributed by atoms with E-state index >= 15 is 0 Å². The van der Waals surface area contributed by atoms with Crippen molar-refractivity contribution in [1.82, 2.24) is 0 Å². The zero-order valence-electron chi connectivity index (χ0n) is 31.4. The van der Waals surface area contributed by atoms with E-state index in [1.807, 2.05) is 0 Å². The second-order valence-electron chi connectivity index (χ2n) is 17.5. The molecule has 0 spiro atoms. The third-order valence-corrected chi connectivity index (χ3v) is 13.7. The SMILES string of the molecule is CCCCCCCCCCCCCCCC(=O)O[C@H]1C[C@H]([C@H](C)CCCC(C)C)[C@@]2(C)CC[C@H]3C(=C12)CC[C@H]1CC(=O)CC[C@@]13C. The van der Waals surface area contributed by atoms with Gasteiger partial charge in [0, 0.05) is 19.3 Å². The number of hydrogen-bond donors (Lipinski definition) is 0. The summed E-state index contributed by atoms with van der Waals surface area (Å²) < 4.78 is 6.56. The van der Waals surface area contributed by atoms with Gasteiger partial charge in [-0.3, -0.25) is 9.59 Å². The molecule has 4 rings (SSSR count). The van der Waals surface area contributed by atoms with E-state index in [1.54, 1.807) is 11.1 Å². The number of unbranched alkanes of at least 4 members (excludes halogenated alkanes) is 12. The molecule has 4 aliphatic carbocycles. The van der Waals surface area contributed by atoms with Gasteiger partial charge in [-0.25, -0.2) is 0 Å². The van der Waals surface area contributed by atoms with Gasteiger partial charge in [0.05, 0.1) is 0 Å². The van der Waals surface area contributed by atoms with Crippen molar-refractivity contribution in [2.75, 3.05) is 0 Å². The molecule has 3 heteroatoms. The van der Waals surface area contributed by atoms with Gasteiger partial charge in [0.1, 0.15) is 11.9 Å². The number of esters is 1. The fraction of sp³-hybridized carbons (Fsp3) is 0.907. The summed E-state index contributed by atoms with van der Waals surface area (Å²) in [6.07, 6.45) is 30.0. The Bertz CT molecular complexity index is 994. The third kappa shape index (κ3) is 9.52. The Kier molecular flexibility index (Phi) is 14.8. The van der Waals surface area contributed by atoms with Crippen LogP contribution in [-0.4, -0.2) is 17.9 Å². The minimum absolute atomic E-state index is 0.0276. The summed E-state index contributed by atoms with van der Waals surface area (Å²) in [5.41, 5.74) is 3.61. The Hall–Kier alpha value is -1.12. The molecule has 0 radical (unpaired) electrons. The average Bonchev–Trinajstić information content (AvgIpc) is 3.31. The summed E-state index contributed by atoms with van der Waals surface area (Å²) in [4.78, 5) is 25.8. The van der Waals surface area contributed by atoms with Crippen molar-refractivity contribution in [3.63, 3.8) is 0 Å². The smallest absolute Gasteiger partial charge is 0.306 e. The summed E-state index contributed by atoms with van der Waals surface area (Å²) in [6.45, 7) is 14.5. The molecule has 7 atom stereocenters. The standard InChI is InChI=1S/C43H74O3/c1-7-8-9-10-11-12-13-14-15-16-17-18-19-23-40(45)46-39-31-38(33(4)22-20-21-32(2)3)43(6)29-27-37-36(41(39)43)25-24-34-30-35(44)26-28-42(34,37)5/h32-34,37-39H,7-31H2,1-6H3/t33-,34+,37+,38-,39+,42+,43-/m1/s1. The maximum Gasteiger partial charge on any atom is 0.306 e. The Morgan fingerprint density at radius 3 is 2.07 bits per heavy atom. The number of ketones is 1. The van der Waals surface area contributed by atoms with E-state index < -0.39 is 0 Å². The van der Waals surface area contributed by atoms with Crippen molar-refractivity contribution in [3.8, 4) is 0 Å². The molecule has 0 amide bonds. The molecule has 0 saturated heterocycles. The summed E-state index contributed by atoms with van der Waals surface area (Å²) in [6, 6.07) is 0. The summed E-state index contributed by atoms with van der Waals surface area (Å²) in [5.74, 6) is 3.64. The molecule has 0 unspecified atom stereocenters. The lowest BCUT2D eigenvalue weighted by molar-refractivity contribution is -0.147. The quantitative estimate of drug-likeness (QED) is 0.0757. The monoisotopic (exact) mass is 639 g/mol. The minimum Gasteiger partial charge on any atom is -0.458 e. The maximum atomic E-state index is 13.4. The van der Waals surface area contributed by atoms with Crippen LogP contribution >= 0.6 is 0 Å². The number of carbonyl (C=O) groups is 2. The van der Waals surface area contributed by atoms with E-state index in [9.17, 15) is 9.59 Å². The van der Waals surface area contributed by atoms with Crippen LogP contribution < -0.4 is 0 Å². The number of hydrogen-bond acceptors (Lipinski definition) is 3. The normalized spacial score (nSPS) is 31.5. The predicted molar refractivity (Wildman–Crippen MR) is 194 cm³/mol. The first-order chi connectivity index (χ1) is 22.1. The highest BCUT2D eigenvalue weighted by molar-refractivity contribution is 5.79. The topological polar surface area (TPSA) is 43.4 Å². The predicted octanol–water partition coefficient (Wildman–Crippen LogP) is 12.7. The largest absolute Gasteiger partial charge is 0.458 e. The molecule has 0 aromatic carbocycles. The first-order valence-corrected chi connectivity index (χ1v) is 20.5. The lowest BCUT2D eigenvalue weighted by Gasteiger charge is -2.56. The summed E-state index contributed by atoms with van der Waals surface area (Å²) in [5, 5.41) is 0. The van der Waals surface area contributed by atoms with Crippen LogP contribution in [0.2, 0.25) is 0 Å². The lowest BCUT2D eigenvalue weighted by atomic mass is 9.49. The molecule has 3 nitrogen and oxygen atoms in total. The number of fused-ring (bicyclic) bond motifs is 4. The number of ether oxygens (including phenoxy) is 1. The van der Waals surface area contributed by atoms with Crippen molar-refractivity contribution in [2.45, 2.75) is 208 Å². The molecule has 0 heterocycles. The fourth-order valence-electron chi connectivity index (χ4n) is 10.9. The first-order valence-electron chi connectivity index (χ1n) is 20.5. The van der Waals surface area contributed by atoms with Crippen molar-refractivity contribution in [3.05, 3.63) is 11.1 Å². The van der Waals surface area contributed by atoms with Gasteiger partial charge in [-0.2, -0.15) is 0 Å². The van der Waals surface area contributed by atoms with Crippen molar-refractivity contribution in [1.29, 1.82) is 0 Å².